The van der Waals surface area contributed by atoms with Gasteiger partial charge in [0.1, 0.15) is 6.54 Å². The van der Waals surface area contributed by atoms with Gasteiger partial charge in [-0.15, -0.1) is 5.10 Å². The van der Waals surface area contributed by atoms with E-state index in [1.165, 1.54) is 4.68 Å². The van der Waals surface area contributed by atoms with E-state index in [1.54, 1.807) is 19.5 Å². The van der Waals surface area contributed by atoms with E-state index in [1.807, 2.05) is 0 Å². The van der Waals surface area contributed by atoms with Crippen molar-refractivity contribution in [3.05, 3.63) is 12.4 Å². The van der Waals surface area contributed by atoms with Gasteiger partial charge in [-0.2, -0.15) is 0 Å². The molecule has 0 aromatic carbocycles. The van der Waals surface area contributed by atoms with E-state index >= 15 is 0 Å². The first-order valence-corrected chi connectivity index (χ1v) is 7.25. The first kappa shape index (κ1) is 15.0. The maximum Gasteiger partial charge on any atom is 0.242 e. The quantitative estimate of drug-likeness (QED) is 0.851. The number of nitrogens with zero attached hydrogens (tertiary/aromatic N) is 3. The maximum absolute atomic E-state index is 12.1. The van der Waals surface area contributed by atoms with Gasteiger partial charge in [0.25, 0.3) is 0 Å². The van der Waals surface area contributed by atoms with Gasteiger partial charge < -0.3 is 10.1 Å². The van der Waals surface area contributed by atoms with Crippen molar-refractivity contribution in [1.29, 1.82) is 0 Å². The summed E-state index contributed by atoms with van der Waals surface area (Å²) in [5.41, 5.74) is 0.0478. The first-order chi connectivity index (χ1) is 9.58. The van der Waals surface area contributed by atoms with E-state index in [9.17, 15) is 4.79 Å². The Morgan fingerprint density at radius 2 is 2.15 bits per heavy atom. The lowest BCUT2D eigenvalue weighted by Gasteiger charge is -2.59. The van der Waals surface area contributed by atoms with Gasteiger partial charge in [0.2, 0.25) is 5.91 Å². The van der Waals surface area contributed by atoms with Crippen LogP contribution in [0.15, 0.2) is 12.4 Å². The molecule has 1 N–H and O–H groups in total. The van der Waals surface area contributed by atoms with Crippen LogP contribution in [0.25, 0.3) is 0 Å². The van der Waals surface area contributed by atoms with Crippen LogP contribution in [-0.2, 0) is 16.1 Å². The van der Waals surface area contributed by atoms with Gasteiger partial charge in [0.05, 0.1) is 12.3 Å². The fourth-order valence-electron chi connectivity index (χ4n) is 3.78. The molecule has 1 aliphatic carbocycles. The molecule has 0 bridgehead atoms. The summed E-state index contributed by atoms with van der Waals surface area (Å²) in [6.07, 6.45) is 5.48. The van der Waals surface area contributed by atoms with E-state index in [0.717, 1.165) is 12.8 Å². The minimum absolute atomic E-state index is 0.0202. The topological polar surface area (TPSA) is 69.0 Å². The number of carbonyl (C=O) groups is 1. The zero-order valence-electron chi connectivity index (χ0n) is 12.7. The number of aromatic nitrogens is 3. The van der Waals surface area contributed by atoms with Gasteiger partial charge in [-0.3, -0.25) is 4.79 Å². The van der Waals surface area contributed by atoms with E-state index in [0.29, 0.717) is 5.92 Å². The fraction of sp³-hybridized carbons (Fsp3) is 0.786. The normalized spacial score (nSPS) is 27.9. The summed E-state index contributed by atoms with van der Waals surface area (Å²) in [4.78, 5) is 12.1. The highest BCUT2D eigenvalue weighted by atomic mass is 16.5. The van der Waals surface area contributed by atoms with Crippen molar-refractivity contribution in [3.8, 4) is 0 Å². The fourth-order valence-corrected chi connectivity index (χ4v) is 3.78. The maximum atomic E-state index is 12.1. The Morgan fingerprint density at radius 3 is 2.65 bits per heavy atom. The van der Waals surface area contributed by atoms with Gasteiger partial charge in [-0.05, 0) is 12.8 Å². The number of carbonyl (C=O) groups excluding carboxylic acids is 1. The summed E-state index contributed by atoms with van der Waals surface area (Å²) in [5.74, 6) is 0.313. The van der Waals surface area contributed by atoms with Crippen LogP contribution in [0.1, 0.15) is 33.6 Å². The van der Waals surface area contributed by atoms with Crippen molar-refractivity contribution < 1.29 is 9.53 Å². The number of methoxy groups -OCH3 is 1. The third-order valence-corrected chi connectivity index (χ3v) is 4.85. The molecule has 1 aromatic rings. The average Bonchev–Trinajstić information content (AvgIpc) is 2.94. The number of nitrogens with one attached hydrogen (secondary N) is 1. The number of ether oxygens (including phenoxy) is 1. The van der Waals surface area contributed by atoms with Crippen molar-refractivity contribution in [2.24, 2.45) is 11.3 Å². The predicted octanol–water partition coefficient (Wildman–Crippen LogP) is 1.23. The minimum Gasteiger partial charge on any atom is -0.380 e. The van der Waals surface area contributed by atoms with Gasteiger partial charge in [-0.1, -0.05) is 26.0 Å². The van der Waals surface area contributed by atoms with E-state index < -0.39 is 0 Å². The highest BCUT2D eigenvalue weighted by molar-refractivity contribution is 5.76. The molecule has 1 saturated carbocycles. The molecule has 0 aliphatic heterocycles. The Hall–Kier alpha value is -1.43. The molecule has 6 heteroatoms. The molecule has 0 saturated heterocycles. The van der Waals surface area contributed by atoms with Crippen molar-refractivity contribution in [2.75, 3.05) is 7.11 Å². The second-order valence-electron chi connectivity index (χ2n) is 5.60. The molecule has 0 unspecified atom stereocenters. The van der Waals surface area contributed by atoms with Gasteiger partial charge >= 0.3 is 0 Å². The highest BCUT2D eigenvalue weighted by Crippen LogP contribution is 2.52. The molecule has 1 heterocycles. The lowest BCUT2D eigenvalue weighted by molar-refractivity contribution is -0.172. The molecule has 0 spiro atoms. The predicted molar refractivity (Wildman–Crippen MR) is 74.9 cm³/mol. The molecule has 1 amide bonds. The molecule has 1 fully saturated rings. The van der Waals surface area contributed by atoms with Gasteiger partial charge in [0, 0.05) is 30.7 Å². The number of amides is 1. The summed E-state index contributed by atoms with van der Waals surface area (Å²) in [6.45, 7) is 6.68. The van der Waals surface area contributed by atoms with Crippen LogP contribution < -0.4 is 5.32 Å². The molecule has 0 radical (unpaired) electrons. The number of rotatable bonds is 6. The smallest absolute Gasteiger partial charge is 0.242 e. The summed E-state index contributed by atoms with van der Waals surface area (Å²) in [6, 6.07) is 0.165. The van der Waals surface area contributed by atoms with Gasteiger partial charge in [-0.25, -0.2) is 4.68 Å². The van der Waals surface area contributed by atoms with Crippen LogP contribution in [-0.4, -0.2) is 40.2 Å². The zero-order valence-corrected chi connectivity index (χ0v) is 12.7. The third-order valence-electron chi connectivity index (χ3n) is 4.85. The van der Waals surface area contributed by atoms with Crippen molar-refractivity contribution in [3.63, 3.8) is 0 Å². The van der Waals surface area contributed by atoms with Gasteiger partial charge in [0.15, 0.2) is 0 Å². The molecular formula is C14H24N4O2. The van der Waals surface area contributed by atoms with Crippen LogP contribution >= 0.6 is 0 Å². The summed E-state index contributed by atoms with van der Waals surface area (Å²) in [5, 5.41) is 10.7. The average molecular weight is 280 g/mol. The Balaban J connectivity index is 2.02. The zero-order chi connectivity index (χ0) is 14.8. The second kappa shape index (κ2) is 5.91. The molecule has 1 aliphatic rings. The lowest BCUT2D eigenvalue weighted by Crippen LogP contribution is -2.70. The molecule has 20 heavy (non-hydrogen) atoms. The van der Waals surface area contributed by atoms with E-state index in [4.69, 9.17) is 4.74 Å². The second-order valence-corrected chi connectivity index (χ2v) is 5.60. The molecule has 6 nitrogen and oxygen atoms in total. The van der Waals surface area contributed by atoms with Crippen LogP contribution in [0.3, 0.4) is 0 Å². The Kier molecular flexibility index (Phi) is 4.42. The largest absolute Gasteiger partial charge is 0.380 e. The molecule has 3 atom stereocenters. The van der Waals surface area contributed by atoms with Crippen LogP contribution in [0.4, 0.5) is 0 Å². The Bertz CT molecular complexity index is 442. The van der Waals surface area contributed by atoms with Crippen molar-refractivity contribution in [2.45, 2.75) is 52.3 Å². The summed E-state index contributed by atoms with van der Waals surface area (Å²) < 4.78 is 7.17. The summed E-state index contributed by atoms with van der Waals surface area (Å²) in [7, 11) is 1.76. The lowest BCUT2D eigenvalue weighted by atomic mass is 9.53. The Morgan fingerprint density at radius 1 is 1.45 bits per heavy atom. The highest BCUT2D eigenvalue weighted by Gasteiger charge is 2.58. The summed E-state index contributed by atoms with van der Waals surface area (Å²) >= 11 is 0. The van der Waals surface area contributed by atoms with Crippen molar-refractivity contribution >= 4 is 5.91 Å². The molecule has 2 rings (SSSR count). The minimum atomic E-state index is -0.0202. The molecule has 1 aromatic heterocycles. The van der Waals surface area contributed by atoms with E-state index in [2.05, 4.69) is 36.4 Å². The SMILES string of the molecule is CCC1(CC)[C@H](NC(=O)Cn2ccnn2)[C@@H](C)[C@H]1OC. The molecule has 112 valence electrons. The van der Waals surface area contributed by atoms with E-state index in [-0.39, 0.29) is 30.0 Å². The standard InChI is InChI=1S/C14H24N4O2/c1-5-14(6-2)12(10(3)13(14)20-4)16-11(19)9-18-8-7-15-17-18/h7-8,10,12-13H,5-6,9H2,1-4H3,(H,16,19)/t10-,12-,13-/m1/s1. The monoisotopic (exact) mass is 280 g/mol. The van der Waals surface area contributed by atoms with Crippen LogP contribution in [0.5, 0.6) is 0 Å². The van der Waals surface area contributed by atoms with Crippen LogP contribution in [0.2, 0.25) is 0 Å². The molecular weight excluding hydrogens is 256 g/mol. The van der Waals surface area contributed by atoms with Crippen LogP contribution in [0, 0.1) is 11.3 Å². The number of hydrogen-bond donors (Lipinski definition) is 1. The Labute approximate surface area is 119 Å². The third kappa shape index (κ3) is 2.32. The first-order valence-electron chi connectivity index (χ1n) is 7.25. The van der Waals surface area contributed by atoms with Crippen molar-refractivity contribution in [1.82, 2.24) is 20.3 Å². The number of hydrogen-bond acceptors (Lipinski definition) is 4.